The van der Waals surface area contributed by atoms with Gasteiger partial charge in [0.2, 0.25) is 5.56 Å². The van der Waals surface area contributed by atoms with E-state index < -0.39 is 143 Å². The fourth-order valence-corrected chi connectivity index (χ4v) is 9.96. The Morgan fingerprint density at radius 1 is 0.797 bits per heavy atom. The number of rotatable bonds is 8. The van der Waals surface area contributed by atoms with Crippen molar-refractivity contribution in [2.75, 3.05) is 13.2 Å². The lowest BCUT2D eigenvalue weighted by Crippen LogP contribution is -2.89. The molecule has 2 saturated carbocycles. The molecule has 4 heterocycles. The molecule has 0 radical (unpaired) electrons. The maximum Gasteiger partial charge on any atom is 0.340 e. The van der Waals surface area contributed by atoms with Gasteiger partial charge in [-0.05, 0) is 32.0 Å². The summed E-state index contributed by atoms with van der Waals surface area (Å²) >= 11 is 0. The van der Waals surface area contributed by atoms with Crippen LogP contribution in [0, 0.1) is 17.3 Å². The molecule has 2 aliphatic carbocycles. The summed E-state index contributed by atoms with van der Waals surface area (Å²) in [4.78, 5) is 127. The van der Waals surface area contributed by atoms with Crippen molar-refractivity contribution < 1.29 is 86.1 Å². The number of fused-ring (bicyclic) bond motifs is 5. The number of carbonyl (C=O) groups is 8. The van der Waals surface area contributed by atoms with Gasteiger partial charge in [-0.3, -0.25) is 38.5 Å². The molecule has 346 valence electrons. The van der Waals surface area contributed by atoms with Crippen LogP contribution in [0.5, 0.6) is 0 Å². The maximum absolute atomic E-state index is 14.7. The third-order valence-electron chi connectivity index (χ3n) is 12.7. The molecule has 2 aromatic rings. The van der Waals surface area contributed by atoms with Gasteiger partial charge < -0.3 is 52.3 Å². The summed E-state index contributed by atoms with van der Waals surface area (Å²) in [5.41, 5.74) is -11.3. The highest BCUT2D eigenvalue weighted by molar-refractivity contribution is 5.91. The third kappa shape index (κ3) is 7.66. The first-order valence-corrected chi connectivity index (χ1v) is 20.3. The van der Waals surface area contributed by atoms with Gasteiger partial charge in [-0.1, -0.05) is 13.8 Å². The minimum atomic E-state index is -2.93. The van der Waals surface area contributed by atoms with Crippen LogP contribution in [0.1, 0.15) is 94.6 Å². The molecule has 21 heteroatoms. The van der Waals surface area contributed by atoms with Gasteiger partial charge in [0.1, 0.15) is 42.0 Å². The minimum Gasteiger partial charge on any atom is -0.465 e. The Morgan fingerprint density at radius 2 is 1.39 bits per heavy atom. The summed E-state index contributed by atoms with van der Waals surface area (Å²) in [5, 5.41) is 13.7. The molecule has 1 spiro atoms. The van der Waals surface area contributed by atoms with Gasteiger partial charge in [0.05, 0.1) is 28.7 Å². The molecule has 2 aromatic heterocycles. The number of carbonyl (C=O) groups excluding carboxylic acids is 8. The number of esters is 8. The molecule has 4 bridgehead atoms. The van der Waals surface area contributed by atoms with Crippen molar-refractivity contribution >= 4 is 47.8 Å². The van der Waals surface area contributed by atoms with Crippen LogP contribution in [0.4, 0.5) is 0 Å². The molecule has 0 amide bonds. The Morgan fingerprint density at radius 3 is 1.97 bits per heavy atom. The predicted octanol–water partition coefficient (Wildman–Crippen LogP) is 1.03. The SMILES string of the molecule is CC(=O)OC[C@]12[C@H](OC(C)=O)[C@H](OC(C)=O)[C@@H]3[C@@H](OC(C)=O)[C@@]14O[C@@]3(C)COC(=O)c1cccnc1[C@H](C)[C@H](C)C(=O)O[C@@H]([C@H](OC(=O)c1ccc(=O)n(C)c1)[C@@H]2OC(C)=O)[C@@]4(C)O. The van der Waals surface area contributed by atoms with Gasteiger partial charge in [-0.15, -0.1) is 0 Å². The van der Waals surface area contributed by atoms with Gasteiger partial charge in [0, 0.05) is 66.0 Å². The molecule has 6 rings (SSSR count). The fraction of sp³-hybridized carbons (Fsp3) is 0.581. The molecule has 0 unspecified atom stereocenters. The zero-order valence-corrected chi connectivity index (χ0v) is 36.8. The smallest absolute Gasteiger partial charge is 0.340 e. The summed E-state index contributed by atoms with van der Waals surface area (Å²) in [7, 11) is 1.34. The van der Waals surface area contributed by atoms with E-state index in [1.807, 2.05) is 0 Å². The largest absolute Gasteiger partial charge is 0.465 e. The van der Waals surface area contributed by atoms with Crippen molar-refractivity contribution in [1.82, 2.24) is 9.55 Å². The summed E-state index contributed by atoms with van der Waals surface area (Å²) in [6.07, 6.45) is -10.1. The molecule has 1 saturated heterocycles. The Balaban J connectivity index is 1.80. The van der Waals surface area contributed by atoms with Crippen LogP contribution >= 0.6 is 0 Å². The average Bonchev–Trinajstić information content (AvgIpc) is 3.42. The number of aliphatic hydroxyl groups is 1. The Bertz CT molecular complexity index is 2340. The fourth-order valence-electron chi connectivity index (χ4n) is 9.96. The monoisotopic (exact) mass is 898 g/mol. The first kappa shape index (κ1) is 47.3. The van der Waals surface area contributed by atoms with Crippen LogP contribution in [0.15, 0.2) is 41.5 Å². The van der Waals surface area contributed by atoms with Crippen molar-refractivity contribution in [2.24, 2.45) is 24.3 Å². The number of hydrogen-bond acceptors (Lipinski definition) is 20. The third-order valence-corrected chi connectivity index (χ3v) is 12.7. The quantitative estimate of drug-likeness (QED) is 0.286. The van der Waals surface area contributed by atoms with Crippen molar-refractivity contribution in [2.45, 2.75) is 122 Å². The Hall–Kier alpha value is -6.22. The second-order valence-electron chi connectivity index (χ2n) is 17.0. The second kappa shape index (κ2) is 17.1. The van der Waals surface area contributed by atoms with Crippen molar-refractivity contribution in [3.63, 3.8) is 0 Å². The zero-order valence-electron chi connectivity index (χ0n) is 36.8. The van der Waals surface area contributed by atoms with E-state index in [9.17, 15) is 48.3 Å². The van der Waals surface area contributed by atoms with Crippen LogP contribution in [0.2, 0.25) is 0 Å². The lowest BCUT2D eigenvalue weighted by Gasteiger charge is -2.67. The highest BCUT2D eigenvalue weighted by Crippen LogP contribution is 2.70. The zero-order chi connectivity index (χ0) is 47.4. The average molecular weight is 899 g/mol. The van der Waals surface area contributed by atoms with Gasteiger partial charge in [-0.25, -0.2) is 9.59 Å². The number of ether oxygens (including phenoxy) is 9. The highest BCUT2D eigenvalue weighted by Gasteiger charge is 2.92. The predicted molar refractivity (Wildman–Crippen MR) is 210 cm³/mol. The Labute approximate surface area is 365 Å². The second-order valence-corrected chi connectivity index (χ2v) is 17.0. The molecule has 64 heavy (non-hydrogen) atoms. The number of aromatic nitrogens is 2. The number of aryl methyl sites for hydroxylation is 1. The molecule has 3 fully saturated rings. The molecule has 2 aliphatic heterocycles. The summed E-state index contributed by atoms with van der Waals surface area (Å²) < 4.78 is 56.3. The van der Waals surface area contributed by atoms with Crippen molar-refractivity contribution in [1.29, 1.82) is 0 Å². The van der Waals surface area contributed by atoms with Gasteiger partial charge in [0.15, 0.2) is 30.0 Å². The van der Waals surface area contributed by atoms with Gasteiger partial charge in [0.25, 0.3) is 0 Å². The molecular formula is C43H50N2O19. The number of nitrogens with zero attached hydrogens (tertiary/aromatic N) is 2. The highest BCUT2D eigenvalue weighted by atomic mass is 16.7. The maximum atomic E-state index is 14.7. The Kier molecular flexibility index (Phi) is 12.6. The lowest BCUT2D eigenvalue weighted by molar-refractivity contribution is -0.386. The minimum absolute atomic E-state index is 0.0734. The van der Waals surface area contributed by atoms with Crippen LogP contribution in [-0.2, 0) is 78.4 Å². The number of hydrogen-bond donors (Lipinski definition) is 1. The van der Waals surface area contributed by atoms with Gasteiger partial charge in [-0.2, -0.15) is 0 Å². The topological polar surface area (TPSA) is 275 Å². The van der Waals surface area contributed by atoms with Crippen LogP contribution < -0.4 is 5.56 Å². The van der Waals surface area contributed by atoms with E-state index in [1.54, 1.807) is 6.92 Å². The molecule has 4 aliphatic rings. The van der Waals surface area contributed by atoms with E-state index in [0.29, 0.717) is 0 Å². The number of cyclic esters (lactones) is 1. The first-order chi connectivity index (χ1) is 29.8. The summed E-state index contributed by atoms with van der Waals surface area (Å²) in [6, 6.07) is 5.03. The molecule has 1 N–H and O–H groups in total. The van der Waals surface area contributed by atoms with E-state index in [4.69, 9.17) is 42.6 Å². The van der Waals surface area contributed by atoms with E-state index in [0.717, 1.165) is 64.4 Å². The summed E-state index contributed by atoms with van der Waals surface area (Å²) in [6.45, 7) is 8.38. The van der Waals surface area contributed by atoms with Crippen LogP contribution in [0.3, 0.4) is 0 Å². The standard InChI is InChI=1S/C43H50N2O19/c1-19-20(2)37(52)63-34-32(62-38(53)26-13-14-28(51)45(10)16-26)36(61-25(7)50)42(18-56-21(3)46)35(60-24(6)49)31(58-22(4)47)29-33(59-23(5)48)43(42,41(34,9)55)64-40(29,8)17-57-39(54)27-12-11-15-44-30(19)27/h11-16,19-20,29,31-36,55H,17-18H2,1-10H3/t19-,20+,29-,31-,32+,33-,34+,35-,36+,40+,41-,42-,43+/m1/s1. The van der Waals surface area contributed by atoms with E-state index in [2.05, 4.69) is 4.98 Å². The first-order valence-electron chi connectivity index (χ1n) is 20.3. The van der Waals surface area contributed by atoms with Crippen molar-refractivity contribution in [3.05, 3.63) is 63.8 Å². The molecule has 0 aromatic carbocycles. The molecule has 21 nitrogen and oxygen atoms in total. The van der Waals surface area contributed by atoms with Crippen molar-refractivity contribution in [3.8, 4) is 0 Å². The lowest BCUT2D eigenvalue weighted by atomic mass is 9.45. The normalized spacial score (nSPS) is 35.3. The summed E-state index contributed by atoms with van der Waals surface area (Å²) in [5.74, 6) is -12.3. The number of pyridine rings is 2. The van der Waals surface area contributed by atoms with E-state index >= 15 is 0 Å². The van der Waals surface area contributed by atoms with Crippen LogP contribution in [0.25, 0.3) is 0 Å². The van der Waals surface area contributed by atoms with Crippen LogP contribution in [-0.4, -0.2) is 129 Å². The van der Waals surface area contributed by atoms with E-state index in [-0.39, 0.29) is 16.8 Å². The molecular weight excluding hydrogens is 848 g/mol. The van der Waals surface area contributed by atoms with Gasteiger partial charge >= 0.3 is 47.8 Å². The van der Waals surface area contributed by atoms with E-state index in [1.165, 1.54) is 39.2 Å². The molecule has 13 atom stereocenters.